The fourth-order valence-electron chi connectivity index (χ4n) is 2.71. The number of carbonyl (C=O) groups excluding carboxylic acids is 2. The summed E-state index contributed by atoms with van der Waals surface area (Å²) in [6, 6.07) is 14.3. The Morgan fingerprint density at radius 3 is 2.57 bits per heavy atom. The molecule has 0 bridgehead atoms. The molecule has 4 nitrogen and oxygen atoms in total. The van der Waals surface area contributed by atoms with Crippen LogP contribution in [0.4, 0.5) is 0 Å². The standard InChI is InChI=1S/C18H20N2O2S/c21-17(19-12-18(22)20-9-3-4-10-20)13-23-16-8-7-14-5-1-2-6-15(14)11-16/h1-2,5-8,11H,3-4,9-10,12-13H2,(H,19,21). The maximum absolute atomic E-state index is 11.9. The van der Waals surface area contributed by atoms with Crippen molar-refractivity contribution in [1.29, 1.82) is 0 Å². The van der Waals surface area contributed by atoms with Gasteiger partial charge in [-0.2, -0.15) is 0 Å². The Bertz CT molecular complexity index is 711. The topological polar surface area (TPSA) is 49.4 Å². The summed E-state index contributed by atoms with van der Waals surface area (Å²) in [5, 5.41) is 5.08. The first-order valence-corrected chi connectivity index (χ1v) is 8.87. The van der Waals surface area contributed by atoms with Crippen molar-refractivity contribution in [2.45, 2.75) is 17.7 Å². The lowest BCUT2D eigenvalue weighted by molar-refractivity contribution is -0.131. The highest BCUT2D eigenvalue weighted by Gasteiger charge is 2.18. The van der Waals surface area contributed by atoms with Crippen molar-refractivity contribution < 1.29 is 9.59 Å². The summed E-state index contributed by atoms with van der Waals surface area (Å²) in [6.45, 7) is 1.75. The quantitative estimate of drug-likeness (QED) is 0.859. The lowest BCUT2D eigenvalue weighted by atomic mass is 10.1. The number of nitrogens with zero attached hydrogens (tertiary/aromatic N) is 1. The number of hydrogen-bond acceptors (Lipinski definition) is 3. The first kappa shape index (κ1) is 15.9. The number of rotatable bonds is 5. The molecule has 3 rings (SSSR count). The Morgan fingerprint density at radius 2 is 1.78 bits per heavy atom. The van der Waals surface area contributed by atoms with Crippen molar-refractivity contribution >= 4 is 34.3 Å². The molecule has 0 aromatic heterocycles. The SMILES string of the molecule is O=C(CSc1ccc2ccccc2c1)NCC(=O)N1CCCC1. The van der Waals surface area contributed by atoms with Crippen LogP contribution in [0.25, 0.3) is 10.8 Å². The zero-order chi connectivity index (χ0) is 16.1. The average Bonchev–Trinajstić information content (AvgIpc) is 3.12. The largest absolute Gasteiger partial charge is 0.346 e. The van der Waals surface area contributed by atoms with Gasteiger partial charge < -0.3 is 10.2 Å². The molecule has 0 aliphatic carbocycles. The van der Waals surface area contributed by atoms with E-state index in [1.165, 1.54) is 22.5 Å². The third-order valence-corrected chi connectivity index (χ3v) is 4.98. The van der Waals surface area contributed by atoms with Crippen LogP contribution in [-0.4, -0.2) is 42.1 Å². The molecule has 5 heteroatoms. The Morgan fingerprint density at radius 1 is 1.04 bits per heavy atom. The van der Waals surface area contributed by atoms with Crippen LogP contribution in [0.15, 0.2) is 47.4 Å². The van der Waals surface area contributed by atoms with E-state index in [0.29, 0.717) is 5.75 Å². The number of nitrogens with one attached hydrogen (secondary N) is 1. The summed E-state index contributed by atoms with van der Waals surface area (Å²) in [7, 11) is 0. The molecule has 1 N–H and O–H groups in total. The fourth-order valence-corrected chi connectivity index (χ4v) is 3.48. The van der Waals surface area contributed by atoms with E-state index in [-0.39, 0.29) is 18.4 Å². The minimum absolute atomic E-state index is 0.0200. The molecule has 2 amide bonds. The van der Waals surface area contributed by atoms with E-state index in [1.54, 1.807) is 0 Å². The van der Waals surface area contributed by atoms with E-state index in [4.69, 9.17) is 0 Å². The molecule has 0 spiro atoms. The van der Waals surface area contributed by atoms with Crippen LogP contribution in [0.3, 0.4) is 0 Å². The van der Waals surface area contributed by atoms with Crippen molar-refractivity contribution in [2.24, 2.45) is 0 Å². The summed E-state index contributed by atoms with van der Waals surface area (Å²) in [5.41, 5.74) is 0. The van der Waals surface area contributed by atoms with Gasteiger partial charge in [0.25, 0.3) is 0 Å². The van der Waals surface area contributed by atoms with Crippen LogP contribution in [0.2, 0.25) is 0 Å². The van der Waals surface area contributed by atoms with Gasteiger partial charge in [-0.15, -0.1) is 11.8 Å². The van der Waals surface area contributed by atoms with Gasteiger partial charge >= 0.3 is 0 Å². The molecule has 0 radical (unpaired) electrons. The molecular formula is C18H20N2O2S. The van der Waals surface area contributed by atoms with Gasteiger partial charge in [0.1, 0.15) is 0 Å². The zero-order valence-corrected chi connectivity index (χ0v) is 13.8. The number of carbonyl (C=O) groups is 2. The Balaban J connectivity index is 1.47. The molecule has 120 valence electrons. The number of fused-ring (bicyclic) bond motifs is 1. The van der Waals surface area contributed by atoms with Crippen molar-refractivity contribution in [1.82, 2.24) is 10.2 Å². The van der Waals surface area contributed by atoms with E-state index in [9.17, 15) is 9.59 Å². The van der Waals surface area contributed by atoms with Gasteiger partial charge in [-0.1, -0.05) is 30.3 Å². The van der Waals surface area contributed by atoms with Crippen LogP contribution in [0.5, 0.6) is 0 Å². The first-order valence-electron chi connectivity index (χ1n) is 7.88. The van der Waals surface area contributed by atoms with Gasteiger partial charge in [0, 0.05) is 18.0 Å². The molecular weight excluding hydrogens is 308 g/mol. The third-order valence-electron chi connectivity index (χ3n) is 3.99. The number of thioether (sulfide) groups is 1. The van der Waals surface area contributed by atoms with Crippen LogP contribution < -0.4 is 5.32 Å². The minimum atomic E-state index is -0.101. The number of amides is 2. The molecule has 0 saturated carbocycles. The normalized spacial score (nSPS) is 14.2. The molecule has 2 aromatic carbocycles. The van der Waals surface area contributed by atoms with Gasteiger partial charge in [-0.05, 0) is 35.7 Å². The predicted molar refractivity (Wildman–Crippen MR) is 93.5 cm³/mol. The maximum atomic E-state index is 11.9. The second-order valence-corrected chi connectivity index (χ2v) is 6.71. The van der Waals surface area contributed by atoms with E-state index >= 15 is 0 Å². The third kappa shape index (κ3) is 4.26. The highest BCUT2D eigenvalue weighted by atomic mass is 32.2. The molecule has 0 atom stereocenters. The van der Waals surface area contributed by atoms with Crippen LogP contribution in [0.1, 0.15) is 12.8 Å². The Labute approximate surface area is 140 Å². The van der Waals surface area contributed by atoms with E-state index in [1.807, 2.05) is 23.1 Å². The summed E-state index contributed by atoms with van der Waals surface area (Å²) >= 11 is 1.49. The van der Waals surface area contributed by atoms with Gasteiger partial charge in [0.15, 0.2) is 0 Å². The molecule has 1 aliphatic heterocycles. The zero-order valence-electron chi connectivity index (χ0n) is 13.0. The van der Waals surface area contributed by atoms with Gasteiger partial charge in [-0.3, -0.25) is 9.59 Å². The maximum Gasteiger partial charge on any atom is 0.241 e. The van der Waals surface area contributed by atoms with Gasteiger partial charge in [0.2, 0.25) is 11.8 Å². The lowest BCUT2D eigenvalue weighted by Crippen LogP contribution is -2.39. The van der Waals surface area contributed by atoms with Crippen LogP contribution >= 0.6 is 11.8 Å². The molecule has 23 heavy (non-hydrogen) atoms. The monoisotopic (exact) mass is 328 g/mol. The average molecular weight is 328 g/mol. The molecule has 1 fully saturated rings. The summed E-state index contributed by atoms with van der Waals surface area (Å²) < 4.78 is 0. The second-order valence-electron chi connectivity index (χ2n) is 5.66. The van der Waals surface area contributed by atoms with E-state index in [2.05, 4.69) is 29.6 Å². The first-order chi connectivity index (χ1) is 11.2. The Hall–Kier alpha value is -2.01. The number of benzene rings is 2. The molecule has 1 heterocycles. The number of likely N-dealkylation sites (tertiary alicyclic amines) is 1. The molecule has 2 aromatic rings. The highest BCUT2D eigenvalue weighted by Crippen LogP contribution is 2.23. The number of hydrogen-bond donors (Lipinski definition) is 1. The van der Waals surface area contributed by atoms with Crippen molar-refractivity contribution in [3.05, 3.63) is 42.5 Å². The summed E-state index contributed by atoms with van der Waals surface area (Å²) in [6.07, 6.45) is 2.13. The van der Waals surface area contributed by atoms with Crippen molar-refractivity contribution in [3.8, 4) is 0 Å². The lowest BCUT2D eigenvalue weighted by Gasteiger charge is -2.15. The van der Waals surface area contributed by atoms with Gasteiger partial charge in [0.05, 0.1) is 12.3 Å². The van der Waals surface area contributed by atoms with Crippen molar-refractivity contribution in [2.75, 3.05) is 25.4 Å². The molecule has 1 aliphatic rings. The summed E-state index contributed by atoms with van der Waals surface area (Å²) in [4.78, 5) is 26.6. The molecule has 1 saturated heterocycles. The molecule has 0 unspecified atom stereocenters. The van der Waals surface area contributed by atoms with Crippen LogP contribution in [0, 0.1) is 0 Å². The van der Waals surface area contributed by atoms with Crippen LogP contribution in [-0.2, 0) is 9.59 Å². The minimum Gasteiger partial charge on any atom is -0.346 e. The fraction of sp³-hybridized carbons (Fsp3) is 0.333. The van der Waals surface area contributed by atoms with Crippen molar-refractivity contribution in [3.63, 3.8) is 0 Å². The summed E-state index contributed by atoms with van der Waals surface area (Å²) in [5.74, 6) is 0.244. The van der Waals surface area contributed by atoms with E-state index < -0.39 is 0 Å². The highest BCUT2D eigenvalue weighted by molar-refractivity contribution is 8.00. The smallest absolute Gasteiger partial charge is 0.241 e. The van der Waals surface area contributed by atoms with E-state index in [0.717, 1.165) is 30.8 Å². The van der Waals surface area contributed by atoms with Gasteiger partial charge in [-0.25, -0.2) is 0 Å². The predicted octanol–water partition coefficient (Wildman–Crippen LogP) is 2.67. The Kier molecular flexibility index (Phi) is 5.18. The second kappa shape index (κ2) is 7.51.